The van der Waals surface area contributed by atoms with Crippen LogP contribution in [0, 0.1) is 0 Å². The summed E-state index contributed by atoms with van der Waals surface area (Å²) in [5.74, 6) is 0. The van der Waals surface area contributed by atoms with Crippen LogP contribution in [0.15, 0.2) is 37.2 Å². The zero-order valence-electron chi connectivity index (χ0n) is 6.90. The molecule has 0 unspecified atom stereocenters. The maximum Gasteiger partial charge on any atom is 0.503 e. The summed E-state index contributed by atoms with van der Waals surface area (Å²) >= 11 is 0. The Balaban J connectivity index is 0. The number of aromatic nitrogens is 1. The summed E-state index contributed by atoms with van der Waals surface area (Å²) in [4.78, 5) is 11.4. The largest absolute Gasteiger partial charge is 0.503 e. The van der Waals surface area contributed by atoms with Crippen LogP contribution in [0.2, 0.25) is 0 Å². The maximum absolute atomic E-state index is 8.56. The van der Waals surface area contributed by atoms with Gasteiger partial charge in [0.25, 0.3) is 0 Å². The fraction of sp³-hybridized carbons (Fsp3) is 0.125. The molecule has 0 radical (unpaired) electrons. The quantitative estimate of drug-likeness (QED) is 0.525. The first-order valence-corrected chi connectivity index (χ1v) is 3.21. The summed E-state index contributed by atoms with van der Waals surface area (Å²) in [7, 11) is 0. The van der Waals surface area contributed by atoms with Crippen LogP contribution < -0.4 is 0 Å². The zero-order chi connectivity index (χ0) is 9.82. The van der Waals surface area contributed by atoms with Crippen LogP contribution in [-0.4, -0.2) is 21.4 Å². The average molecular weight is 171 g/mol. The number of rotatable bonds is 0. The van der Waals surface area contributed by atoms with Crippen molar-refractivity contribution in [2.24, 2.45) is 0 Å². The number of nitrogens with one attached hydrogen (secondary N) is 1. The Morgan fingerprint density at radius 1 is 1.42 bits per heavy atom. The Labute approximate surface area is 71.2 Å². The molecule has 1 aromatic heterocycles. The van der Waals surface area contributed by atoms with Crippen LogP contribution in [0.3, 0.4) is 0 Å². The lowest BCUT2D eigenvalue weighted by atomic mass is 10.7. The Hall–Kier alpha value is -1.71. The molecule has 3 N–H and O–H groups in total. The van der Waals surface area contributed by atoms with Gasteiger partial charge in [0, 0.05) is 12.4 Å². The van der Waals surface area contributed by atoms with Gasteiger partial charge in [-0.25, -0.2) is 4.79 Å². The van der Waals surface area contributed by atoms with E-state index in [2.05, 4.69) is 11.6 Å². The van der Waals surface area contributed by atoms with E-state index in [4.69, 9.17) is 15.0 Å². The molecule has 1 heterocycles. The van der Waals surface area contributed by atoms with Crippen molar-refractivity contribution in [1.29, 1.82) is 0 Å². The van der Waals surface area contributed by atoms with Gasteiger partial charge in [-0.15, -0.1) is 6.58 Å². The molecule has 0 saturated carbocycles. The fourth-order valence-corrected chi connectivity index (χ4v) is 0.278. The molecule has 0 bridgehead atoms. The molecule has 4 nitrogen and oxygen atoms in total. The number of carboxylic acid groups (broad SMARTS) is 2. The van der Waals surface area contributed by atoms with Gasteiger partial charge in [0.05, 0.1) is 0 Å². The van der Waals surface area contributed by atoms with Gasteiger partial charge in [0.15, 0.2) is 0 Å². The molecule has 4 heteroatoms. The molecule has 1 rings (SSSR count). The van der Waals surface area contributed by atoms with Crippen molar-refractivity contribution in [2.75, 3.05) is 0 Å². The first-order valence-electron chi connectivity index (χ1n) is 3.21. The van der Waals surface area contributed by atoms with Crippen molar-refractivity contribution in [3.63, 3.8) is 0 Å². The normalized spacial score (nSPS) is 6.42. The highest BCUT2D eigenvalue weighted by Gasteiger charge is 1.70. The molecule has 0 aliphatic heterocycles. The van der Waals surface area contributed by atoms with E-state index in [0.717, 1.165) is 0 Å². The molecule has 0 fully saturated rings. The third-order valence-electron chi connectivity index (χ3n) is 0.496. The zero-order valence-corrected chi connectivity index (χ0v) is 6.90. The summed E-state index contributed by atoms with van der Waals surface area (Å²) in [5.41, 5.74) is 0. The van der Waals surface area contributed by atoms with E-state index >= 15 is 0 Å². The number of hydrogen-bond donors (Lipinski definition) is 3. The number of allylic oxidation sites excluding steroid dienone is 1. The van der Waals surface area contributed by atoms with Crippen molar-refractivity contribution in [3.05, 3.63) is 37.2 Å². The third kappa shape index (κ3) is 40.7. The van der Waals surface area contributed by atoms with Gasteiger partial charge in [-0.05, 0) is 19.1 Å². The number of aromatic amines is 1. The lowest BCUT2D eigenvalue weighted by molar-refractivity contribution is 0.137. The fourth-order valence-electron chi connectivity index (χ4n) is 0.278. The minimum atomic E-state index is -1.83. The molecule has 0 spiro atoms. The van der Waals surface area contributed by atoms with E-state index in [1.54, 1.807) is 6.08 Å². The monoisotopic (exact) mass is 171 g/mol. The highest BCUT2D eigenvalue weighted by molar-refractivity contribution is 5.53. The van der Waals surface area contributed by atoms with Gasteiger partial charge in [-0.2, -0.15) is 0 Å². The van der Waals surface area contributed by atoms with Crippen LogP contribution in [0.5, 0.6) is 0 Å². The average Bonchev–Trinajstić information content (AvgIpc) is 2.40. The number of carbonyl (C=O) groups is 1. The highest BCUT2D eigenvalue weighted by atomic mass is 16.6. The molecular formula is C8H13NO3. The summed E-state index contributed by atoms with van der Waals surface area (Å²) in [6.07, 6.45) is 3.67. The number of hydrogen-bond acceptors (Lipinski definition) is 1. The molecule has 0 saturated heterocycles. The molecular weight excluding hydrogens is 158 g/mol. The smallest absolute Gasteiger partial charge is 0.450 e. The summed E-state index contributed by atoms with van der Waals surface area (Å²) in [5, 5.41) is 13.9. The van der Waals surface area contributed by atoms with Gasteiger partial charge >= 0.3 is 6.16 Å². The predicted octanol–water partition coefficient (Wildman–Crippen LogP) is 2.43. The van der Waals surface area contributed by atoms with Crippen molar-refractivity contribution in [3.8, 4) is 0 Å². The number of H-pyrrole nitrogens is 1. The molecule has 12 heavy (non-hydrogen) atoms. The van der Waals surface area contributed by atoms with Gasteiger partial charge in [0.2, 0.25) is 0 Å². The van der Waals surface area contributed by atoms with Crippen LogP contribution in [-0.2, 0) is 0 Å². The van der Waals surface area contributed by atoms with E-state index in [-0.39, 0.29) is 0 Å². The second kappa shape index (κ2) is 12.0. The topological polar surface area (TPSA) is 73.3 Å². The molecule has 0 amide bonds. The highest BCUT2D eigenvalue weighted by Crippen LogP contribution is 1.72. The molecule has 0 aliphatic carbocycles. The molecule has 0 atom stereocenters. The Morgan fingerprint density at radius 2 is 1.67 bits per heavy atom. The van der Waals surface area contributed by atoms with Crippen LogP contribution in [0.25, 0.3) is 0 Å². The van der Waals surface area contributed by atoms with Gasteiger partial charge in [-0.1, -0.05) is 6.08 Å². The summed E-state index contributed by atoms with van der Waals surface area (Å²) < 4.78 is 0. The van der Waals surface area contributed by atoms with Crippen molar-refractivity contribution >= 4 is 6.16 Å². The lowest BCUT2D eigenvalue weighted by Gasteiger charge is -1.60. The summed E-state index contributed by atoms with van der Waals surface area (Å²) in [6.45, 7) is 5.25. The van der Waals surface area contributed by atoms with E-state index in [1.807, 2.05) is 31.5 Å². The Kier molecular flexibility index (Phi) is 12.9. The Bertz CT molecular complexity index is 161. The Morgan fingerprint density at radius 3 is 1.75 bits per heavy atom. The SMILES string of the molecule is C=CC.O=C(O)O.c1cc[nH]c1. The summed E-state index contributed by atoms with van der Waals surface area (Å²) in [6, 6.07) is 3.89. The lowest BCUT2D eigenvalue weighted by Crippen LogP contribution is -1.81. The second-order valence-electron chi connectivity index (χ2n) is 1.58. The van der Waals surface area contributed by atoms with E-state index in [9.17, 15) is 0 Å². The van der Waals surface area contributed by atoms with Crippen molar-refractivity contribution in [2.45, 2.75) is 6.92 Å². The predicted molar refractivity (Wildman–Crippen MR) is 47.3 cm³/mol. The van der Waals surface area contributed by atoms with Crippen LogP contribution in [0.1, 0.15) is 6.92 Å². The maximum atomic E-state index is 8.56. The molecule has 0 aromatic carbocycles. The van der Waals surface area contributed by atoms with Crippen LogP contribution >= 0.6 is 0 Å². The van der Waals surface area contributed by atoms with E-state index < -0.39 is 6.16 Å². The van der Waals surface area contributed by atoms with Crippen molar-refractivity contribution in [1.82, 2.24) is 4.98 Å². The molecule has 1 aromatic rings. The van der Waals surface area contributed by atoms with E-state index in [1.165, 1.54) is 0 Å². The van der Waals surface area contributed by atoms with Gasteiger partial charge in [-0.3, -0.25) is 0 Å². The molecule has 68 valence electrons. The minimum Gasteiger partial charge on any atom is -0.450 e. The first kappa shape index (κ1) is 12.9. The minimum absolute atomic E-state index is 1.75. The standard InChI is InChI=1S/C4H5N.C3H6.CH2O3/c1-2-4-5-3-1;1-3-2;2-1(3)4/h1-5H;3H,1H2,2H3;(H2,2,3,4). The first-order chi connectivity index (χ1) is 5.65. The van der Waals surface area contributed by atoms with E-state index in [0.29, 0.717) is 0 Å². The van der Waals surface area contributed by atoms with Crippen molar-refractivity contribution < 1.29 is 15.0 Å². The molecule has 0 aliphatic rings. The van der Waals surface area contributed by atoms with Crippen LogP contribution in [0.4, 0.5) is 4.79 Å². The second-order valence-corrected chi connectivity index (χ2v) is 1.58. The van der Waals surface area contributed by atoms with Gasteiger partial charge in [0.1, 0.15) is 0 Å². The third-order valence-corrected chi connectivity index (χ3v) is 0.496. The van der Waals surface area contributed by atoms with Gasteiger partial charge < -0.3 is 15.2 Å².